The number of hydrogen-bond acceptors (Lipinski definition) is 7. The third-order valence-corrected chi connectivity index (χ3v) is 15.5. The first kappa shape index (κ1) is 44.0. The quantitative estimate of drug-likeness (QED) is 0.108. The predicted molar refractivity (Wildman–Crippen MR) is 202 cm³/mol. The zero-order valence-corrected chi connectivity index (χ0v) is 34.1. The number of sulfone groups is 1. The van der Waals surface area contributed by atoms with Gasteiger partial charge in [-0.05, 0) is 162 Å². The summed E-state index contributed by atoms with van der Waals surface area (Å²) in [6.07, 6.45) is 6.93. The molecule has 6 rings (SSSR count). The van der Waals surface area contributed by atoms with Gasteiger partial charge in [-0.25, -0.2) is 12.8 Å². The van der Waals surface area contributed by atoms with E-state index in [0.29, 0.717) is 30.9 Å². The highest BCUT2D eigenvalue weighted by Gasteiger charge is 2.58. The third kappa shape index (κ3) is 10.8. The van der Waals surface area contributed by atoms with Crippen LogP contribution in [0.2, 0.25) is 0 Å². The highest BCUT2D eigenvalue weighted by molar-refractivity contribution is 7.91. The van der Waals surface area contributed by atoms with E-state index in [4.69, 9.17) is 18.9 Å². The Morgan fingerprint density at radius 1 is 0.857 bits per heavy atom. The summed E-state index contributed by atoms with van der Waals surface area (Å²) in [7, 11) is -1.82. The normalized spacial score (nSPS) is 31.2. The molecule has 0 N–H and O–H groups in total. The van der Waals surface area contributed by atoms with Crippen molar-refractivity contribution in [2.45, 2.75) is 159 Å². The SMILES string of the molecule is CN(CCCCC[C@@H]1Cc2cc(OC3CCCCO3)c(F)cc2[C@H]2CC[C@]3(C)[C@@H](OC4CCCCO4)CC[C@H]3[C@H]12)CCCS(=O)(=O)CCCC(F)(F)C(F)(F)F. The van der Waals surface area contributed by atoms with Gasteiger partial charge in [0.1, 0.15) is 9.84 Å². The molecule has 14 heteroatoms. The molecule has 1 aromatic carbocycles. The zero-order valence-electron chi connectivity index (χ0n) is 33.2. The largest absolute Gasteiger partial charge is 0.462 e. The van der Waals surface area contributed by atoms with Gasteiger partial charge in [-0.2, -0.15) is 22.0 Å². The second kappa shape index (κ2) is 18.8. The number of ether oxygens (including phenoxy) is 4. The van der Waals surface area contributed by atoms with E-state index in [1.165, 1.54) is 5.56 Å². The first-order chi connectivity index (χ1) is 26.6. The van der Waals surface area contributed by atoms with Crippen LogP contribution in [-0.4, -0.2) is 89.0 Å². The lowest BCUT2D eigenvalue weighted by atomic mass is 9.52. The Kier molecular flexibility index (Phi) is 14.7. The van der Waals surface area contributed by atoms with Gasteiger partial charge in [-0.3, -0.25) is 0 Å². The van der Waals surface area contributed by atoms with Gasteiger partial charge in [0.2, 0.25) is 0 Å². The Morgan fingerprint density at radius 2 is 1.55 bits per heavy atom. The number of benzene rings is 1. The van der Waals surface area contributed by atoms with Crippen molar-refractivity contribution >= 4 is 9.84 Å². The second-order valence-corrected chi connectivity index (χ2v) is 20.0. The van der Waals surface area contributed by atoms with Gasteiger partial charge in [-0.1, -0.05) is 19.8 Å². The molecule has 0 amide bonds. The molecule has 7 nitrogen and oxygen atoms in total. The van der Waals surface area contributed by atoms with Crippen molar-refractivity contribution in [1.29, 1.82) is 0 Å². The standard InChI is InChI=1S/C42H63F6NO6S/c1-40-19-17-31-32-28-34(43)35(54-37-13-5-8-22-52-37)27-30(32)26-29(39(31)33(40)15-16-36(40)55-38-14-6-9-23-53-38)12-4-3-7-20-49(2)21-11-25-56(50,51)24-10-18-41(44,45)42(46,47)48/h27-29,31,33,36-39H,3-26H2,1-2H3/t29-,31-,33+,36+,37?,38?,39-,40+/m1/s1. The molecule has 2 saturated carbocycles. The van der Waals surface area contributed by atoms with Crippen LogP contribution in [0.3, 0.4) is 0 Å². The Morgan fingerprint density at radius 3 is 2.25 bits per heavy atom. The van der Waals surface area contributed by atoms with E-state index in [2.05, 4.69) is 6.92 Å². The van der Waals surface area contributed by atoms with Gasteiger partial charge < -0.3 is 23.8 Å². The van der Waals surface area contributed by atoms with Crippen LogP contribution in [0, 0.1) is 29.0 Å². The van der Waals surface area contributed by atoms with Gasteiger partial charge in [0, 0.05) is 19.4 Å². The number of unbranched alkanes of at least 4 members (excludes halogenated alkanes) is 2. The van der Waals surface area contributed by atoms with E-state index in [1.54, 1.807) is 6.07 Å². The lowest BCUT2D eigenvalue weighted by Gasteiger charge is -2.54. The average molecular weight is 824 g/mol. The van der Waals surface area contributed by atoms with Gasteiger partial charge >= 0.3 is 12.1 Å². The Labute approximate surface area is 329 Å². The third-order valence-electron chi connectivity index (χ3n) is 13.7. The van der Waals surface area contributed by atoms with Crippen LogP contribution in [0.25, 0.3) is 0 Å². The van der Waals surface area contributed by atoms with E-state index in [1.807, 2.05) is 18.0 Å². The summed E-state index contributed by atoms with van der Waals surface area (Å²) in [5.41, 5.74) is 2.38. The maximum Gasteiger partial charge on any atom is 0.453 e. The number of fused-ring (bicyclic) bond motifs is 5. The van der Waals surface area contributed by atoms with E-state index in [9.17, 15) is 30.4 Å². The molecule has 0 bridgehead atoms. The number of nitrogens with zero attached hydrogens (tertiary/aromatic N) is 1. The Balaban J connectivity index is 1.04. The molecule has 0 aromatic heterocycles. The van der Waals surface area contributed by atoms with Crippen LogP contribution in [-0.2, 0) is 30.5 Å². The molecule has 320 valence electrons. The molecule has 2 heterocycles. The van der Waals surface area contributed by atoms with E-state index in [-0.39, 0.29) is 47.5 Å². The molecule has 56 heavy (non-hydrogen) atoms. The van der Waals surface area contributed by atoms with Crippen molar-refractivity contribution in [3.63, 3.8) is 0 Å². The van der Waals surface area contributed by atoms with Crippen molar-refractivity contribution in [3.05, 3.63) is 29.1 Å². The van der Waals surface area contributed by atoms with Crippen LogP contribution in [0.1, 0.15) is 133 Å². The first-order valence-electron chi connectivity index (χ1n) is 21.3. The summed E-state index contributed by atoms with van der Waals surface area (Å²) in [5.74, 6) is -4.21. The maximum atomic E-state index is 15.8. The predicted octanol–water partition coefficient (Wildman–Crippen LogP) is 10.00. The highest BCUT2D eigenvalue weighted by Crippen LogP contribution is 2.63. The average Bonchev–Trinajstić information content (AvgIpc) is 3.47. The lowest BCUT2D eigenvalue weighted by Crippen LogP contribution is -2.48. The Hall–Kier alpha value is -1.61. The molecule has 0 radical (unpaired) electrons. The van der Waals surface area contributed by atoms with Gasteiger partial charge in [-0.15, -0.1) is 0 Å². The van der Waals surface area contributed by atoms with Crippen molar-refractivity contribution in [2.24, 2.45) is 23.2 Å². The Bertz CT molecular complexity index is 1530. The molecule has 3 aliphatic carbocycles. The summed E-state index contributed by atoms with van der Waals surface area (Å²) < 4.78 is 129. The number of halogens is 6. The van der Waals surface area contributed by atoms with E-state index in [0.717, 1.165) is 115 Å². The van der Waals surface area contributed by atoms with Crippen molar-refractivity contribution in [2.75, 3.05) is 44.9 Å². The summed E-state index contributed by atoms with van der Waals surface area (Å²) in [6.45, 7) is 5.07. The molecule has 1 aromatic rings. The fourth-order valence-electron chi connectivity index (χ4n) is 10.7. The van der Waals surface area contributed by atoms with Gasteiger partial charge in [0.05, 0.1) is 24.2 Å². The minimum atomic E-state index is -5.68. The topological polar surface area (TPSA) is 74.3 Å². The molecule has 8 atom stereocenters. The van der Waals surface area contributed by atoms with E-state index < -0.39 is 46.8 Å². The summed E-state index contributed by atoms with van der Waals surface area (Å²) in [5, 5.41) is 0. The minimum Gasteiger partial charge on any atom is -0.462 e. The molecule has 4 fully saturated rings. The minimum absolute atomic E-state index is 0.0436. The monoisotopic (exact) mass is 823 g/mol. The molecular formula is C42H63F6NO6S. The second-order valence-electron chi connectivity index (χ2n) is 17.7. The first-order valence-corrected chi connectivity index (χ1v) is 23.1. The molecule has 2 aliphatic heterocycles. The van der Waals surface area contributed by atoms with Gasteiger partial charge in [0.15, 0.2) is 24.1 Å². The van der Waals surface area contributed by atoms with Crippen molar-refractivity contribution in [3.8, 4) is 5.75 Å². The molecular weight excluding hydrogens is 761 g/mol. The van der Waals surface area contributed by atoms with E-state index >= 15 is 4.39 Å². The van der Waals surface area contributed by atoms with Crippen LogP contribution in [0.5, 0.6) is 5.75 Å². The molecule has 2 unspecified atom stereocenters. The van der Waals surface area contributed by atoms with Crippen LogP contribution < -0.4 is 4.74 Å². The fourth-order valence-corrected chi connectivity index (χ4v) is 12.0. The summed E-state index contributed by atoms with van der Waals surface area (Å²) >= 11 is 0. The number of alkyl halides is 5. The maximum absolute atomic E-state index is 15.8. The lowest BCUT2D eigenvalue weighted by molar-refractivity contribution is -0.284. The molecule has 2 saturated heterocycles. The molecule has 5 aliphatic rings. The van der Waals surface area contributed by atoms with Crippen LogP contribution >= 0.6 is 0 Å². The van der Waals surface area contributed by atoms with Gasteiger partial charge in [0.25, 0.3) is 0 Å². The molecule has 0 spiro atoms. The van der Waals surface area contributed by atoms with Crippen LogP contribution in [0.4, 0.5) is 26.3 Å². The number of hydrogen-bond donors (Lipinski definition) is 0. The zero-order chi connectivity index (χ0) is 40.1. The van der Waals surface area contributed by atoms with Crippen LogP contribution in [0.15, 0.2) is 12.1 Å². The summed E-state index contributed by atoms with van der Waals surface area (Å²) in [6, 6.07) is 3.71. The summed E-state index contributed by atoms with van der Waals surface area (Å²) in [4.78, 5) is 2.05. The fraction of sp³-hybridized carbons (Fsp3) is 0.857. The van der Waals surface area contributed by atoms with Crippen molar-refractivity contribution < 1.29 is 53.7 Å². The number of rotatable bonds is 18. The smallest absolute Gasteiger partial charge is 0.453 e. The van der Waals surface area contributed by atoms with Crippen molar-refractivity contribution in [1.82, 2.24) is 4.90 Å². The highest BCUT2D eigenvalue weighted by atomic mass is 32.2.